The summed E-state index contributed by atoms with van der Waals surface area (Å²) < 4.78 is 5.33. The molecule has 30 heavy (non-hydrogen) atoms. The zero-order valence-electron chi connectivity index (χ0n) is 16.3. The Morgan fingerprint density at radius 1 is 1.23 bits per heavy atom. The third kappa shape index (κ3) is 5.05. The lowest BCUT2D eigenvalue weighted by Gasteiger charge is -2.26. The number of anilines is 1. The van der Waals surface area contributed by atoms with Crippen LogP contribution in [0.5, 0.6) is 0 Å². The first-order chi connectivity index (χ1) is 14.6. The van der Waals surface area contributed by atoms with Crippen molar-refractivity contribution in [1.29, 1.82) is 0 Å². The van der Waals surface area contributed by atoms with Crippen LogP contribution >= 0.6 is 23.4 Å². The van der Waals surface area contributed by atoms with Crippen LogP contribution in [0.1, 0.15) is 15.9 Å². The van der Waals surface area contributed by atoms with Gasteiger partial charge in [0.15, 0.2) is 0 Å². The molecule has 0 bridgehead atoms. The van der Waals surface area contributed by atoms with Crippen molar-refractivity contribution in [3.63, 3.8) is 0 Å². The highest BCUT2D eigenvalue weighted by Gasteiger charge is 2.22. The molecular formula is C22H22ClN3O3S. The van der Waals surface area contributed by atoms with Crippen molar-refractivity contribution in [3.8, 4) is 0 Å². The fourth-order valence-corrected chi connectivity index (χ4v) is 4.40. The highest BCUT2D eigenvalue weighted by molar-refractivity contribution is 8.04. The van der Waals surface area contributed by atoms with Crippen LogP contribution in [0.15, 0.2) is 52.3 Å². The Kier molecular flexibility index (Phi) is 6.74. The third-order valence-corrected chi connectivity index (χ3v) is 6.39. The van der Waals surface area contributed by atoms with Gasteiger partial charge in [-0.3, -0.25) is 14.5 Å². The van der Waals surface area contributed by atoms with Crippen LogP contribution in [0.2, 0.25) is 5.02 Å². The van der Waals surface area contributed by atoms with Crippen LogP contribution in [0.25, 0.3) is 6.08 Å². The predicted octanol–water partition coefficient (Wildman–Crippen LogP) is 3.49. The van der Waals surface area contributed by atoms with E-state index < -0.39 is 0 Å². The number of hydrogen-bond donors (Lipinski definition) is 2. The van der Waals surface area contributed by atoms with Crippen LogP contribution in [0, 0.1) is 0 Å². The van der Waals surface area contributed by atoms with Crippen molar-refractivity contribution < 1.29 is 14.3 Å². The Hall–Kier alpha value is -2.32. The molecular weight excluding hydrogens is 422 g/mol. The van der Waals surface area contributed by atoms with Crippen molar-refractivity contribution in [2.75, 3.05) is 44.7 Å². The molecule has 2 aromatic carbocycles. The van der Waals surface area contributed by atoms with Gasteiger partial charge in [0, 0.05) is 41.7 Å². The van der Waals surface area contributed by atoms with Gasteiger partial charge in [0.25, 0.3) is 11.8 Å². The standard InChI is InChI=1S/C22H22ClN3O3S/c23-17-4-2-1-3-15(17)14-20-22(28)25-18-13-16(5-6-19(18)30-20)21(27)24-7-8-26-9-11-29-12-10-26/h1-6,13-14H,7-12H2,(H,24,27)(H,25,28). The molecule has 6 nitrogen and oxygen atoms in total. The summed E-state index contributed by atoms with van der Waals surface area (Å²) in [5.74, 6) is -0.361. The fraction of sp³-hybridized carbons (Fsp3) is 0.273. The Balaban J connectivity index is 1.40. The molecule has 1 fully saturated rings. The van der Waals surface area contributed by atoms with Crippen LogP contribution in [-0.4, -0.2) is 56.1 Å². The molecule has 0 aromatic heterocycles. The number of nitrogens with zero attached hydrogens (tertiary/aromatic N) is 1. The molecule has 8 heteroatoms. The van der Waals surface area contributed by atoms with E-state index in [-0.39, 0.29) is 11.8 Å². The maximum atomic E-state index is 12.5. The zero-order chi connectivity index (χ0) is 20.9. The van der Waals surface area contributed by atoms with Gasteiger partial charge in [-0.05, 0) is 35.9 Å². The Labute approximate surface area is 184 Å². The second kappa shape index (κ2) is 9.66. The van der Waals surface area contributed by atoms with Crippen molar-refractivity contribution in [2.24, 2.45) is 0 Å². The smallest absolute Gasteiger partial charge is 0.262 e. The molecule has 2 aliphatic heterocycles. The molecule has 0 radical (unpaired) electrons. The molecule has 2 N–H and O–H groups in total. The van der Waals surface area contributed by atoms with Gasteiger partial charge < -0.3 is 15.4 Å². The molecule has 4 rings (SSSR count). The quantitative estimate of drug-likeness (QED) is 0.692. The number of halogens is 1. The van der Waals surface area contributed by atoms with Gasteiger partial charge in [0.05, 0.1) is 23.8 Å². The SMILES string of the molecule is O=C1Nc2cc(C(=O)NCCN3CCOCC3)ccc2SC1=Cc1ccccc1Cl. The van der Waals surface area contributed by atoms with Gasteiger partial charge >= 0.3 is 0 Å². The summed E-state index contributed by atoms with van der Waals surface area (Å²) in [6, 6.07) is 12.7. The normalized spacial score (nSPS) is 18.0. The van der Waals surface area contributed by atoms with E-state index in [1.54, 1.807) is 24.3 Å². The number of morpholine rings is 1. The van der Waals surface area contributed by atoms with E-state index in [0.717, 1.165) is 43.3 Å². The average molecular weight is 444 g/mol. The summed E-state index contributed by atoms with van der Waals surface area (Å²) in [5, 5.41) is 6.42. The van der Waals surface area contributed by atoms with Crippen molar-refractivity contribution in [3.05, 3.63) is 63.5 Å². The monoisotopic (exact) mass is 443 g/mol. The fourth-order valence-electron chi connectivity index (χ4n) is 3.29. The average Bonchev–Trinajstić information content (AvgIpc) is 2.76. The molecule has 0 saturated carbocycles. The molecule has 0 aliphatic carbocycles. The van der Waals surface area contributed by atoms with Gasteiger partial charge in [-0.2, -0.15) is 0 Å². The highest BCUT2D eigenvalue weighted by Crippen LogP contribution is 2.39. The van der Waals surface area contributed by atoms with E-state index in [9.17, 15) is 9.59 Å². The molecule has 2 amide bonds. The number of carbonyl (C=O) groups is 2. The molecule has 0 spiro atoms. The minimum Gasteiger partial charge on any atom is -0.379 e. The summed E-state index contributed by atoms with van der Waals surface area (Å²) in [7, 11) is 0. The van der Waals surface area contributed by atoms with Gasteiger partial charge in [-0.1, -0.05) is 41.6 Å². The van der Waals surface area contributed by atoms with Crippen LogP contribution < -0.4 is 10.6 Å². The first kappa shape index (κ1) is 20.9. The van der Waals surface area contributed by atoms with E-state index in [4.69, 9.17) is 16.3 Å². The Bertz CT molecular complexity index is 989. The van der Waals surface area contributed by atoms with Crippen LogP contribution in [-0.2, 0) is 9.53 Å². The second-order valence-corrected chi connectivity index (χ2v) is 8.50. The number of nitrogens with one attached hydrogen (secondary N) is 2. The molecule has 2 aromatic rings. The number of fused-ring (bicyclic) bond motifs is 1. The summed E-state index contributed by atoms with van der Waals surface area (Å²) in [5.41, 5.74) is 1.95. The number of thioether (sulfide) groups is 1. The lowest BCUT2D eigenvalue weighted by molar-refractivity contribution is -0.112. The minimum atomic E-state index is -0.211. The minimum absolute atomic E-state index is 0.150. The van der Waals surface area contributed by atoms with E-state index in [1.807, 2.05) is 24.3 Å². The Morgan fingerprint density at radius 3 is 2.83 bits per heavy atom. The van der Waals surface area contributed by atoms with E-state index in [0.29, 0.717) is 27.7 Å². The van der Waals surface area contributed by atoms with Gasteiger partial charge in [-0.25, -0.2) is 0 Å². The lowest BCUT2D eigenvalue weighted by Crippen LogP contribution is -2.41. The third-order valence-electron chi connectivity index (χ3n) is 4.94. The number of rotatable bonds is 5. The summed E-state index contributed by atoms with van der Waals surface area (Å²) in [6.45, 7) is 4.63. The topological polar surface area (TPSA) is 70.7 Å². The first-order valence-corrected chi connectivity index (χ1v) is 11.0. The summed E-state index contributed by atoms with van der Waals surface area (Å²) in [4.78, 5) is 28.7. The largest absolute Gasteiger partial charge is 0.379 e. The van der Waals surface area contributed by atoms with E-state index in [1.165, 1.54) is 11.8 Å². The molecule has 0 atom stereocenters. The summed E-state index contributed by atoms with van der Waals surface area (Å²) in [6.07, 6.45) is 1.78. The number of carbonyl (C=O) groups excluding carboxylic acids is 2. The lowest BCUT2D eigenvalue weighted by atomic mass is 10.1. The zero-order valence-corrected chi connectivity index (χ0v) is 17.9. The van der Waals surface area contributed by atoms with Crippen molar-refractivity contribution >= 4 is 46.9 Å². The number of hydrogen-bond acceptors (Lipinski definition) is 5. The van der Waals surface area contributed by atoms with Crippen molar-refractivity contribution in [1.82, 2.24) is 10.2 Å². The molecule has 1 saturated heterocycles. The van der Waals surface area contributed by atoms with Gasteiger partial charge in [-0.15, -0.1) is 0 Å². The number of ether oxygens (including phenoxy) is 1. The second-order valence-electron chi connectivity index (χ2n) is 7.01. The maximum Gasteiger partial charge on any atom is 0.262 e. The molecule has 2 heterocycles. The maximum absolute atomic E-state index is 12.5. The van der Waals surface area contributed by atoms with E-state index in [2.05, 4.69) is 15.5 Å². The predicted molar refractivity (Wildman–Crippen MR) is 120 cm³/mol. The number of benzene rings is 2. The van der Waals surface area contributed by atoms with Crippen molar-refractivity contribution in [2.45, 2.75) is 4.90 Å². The van der Waals surface area contributed by atoms with E-state index >= 15 is 0 Å². The molecule has 156 valence electrons. The van der Waals surface area contributed by atoms with Crippen LogP contribution in [0.3, 0.4) is 0 Å². The van der Waals surface area contributed by atoms with Gasteiger partial charge in [0.1, 0.15) is 0 Å². The summed E-state index contributed by atoms with van der Waals surface area (Å²) >= 11 is 7.56. The molecule has 0 unspecified atom stereocenters. The van der Waals surface area contributed by atoms with Gasteiger partial charge in [0.2, 0.25) is 0 Å². The first-order valence-electron chi connectivity index (χ1n) is 9.78. The number of amides is 2. The Morgan fingerprint density at radius 2 is 2.03 bits per heavy atom. The molecule has 2 aliphatic rings. The van der Waals surface area contributed by atoms with Crippen LogP contribution in [0.4, 0.5) is 5.69 Å². The highest BCUT2D eigenvalue weighted by atomic mass is 35.5.